The average Bonchev–Trinajstić information content (AvgIpc) is 3.03. The van der Waals surface area contributed by atoms with Crippen molar-refractivity contribution in [2.24, 2.45) is 5.73 Å². The number of fused-ring (bicyclic) bond motifs is 3. The molecule has 0 fully saturated rings. The Morgan fingerprint density at radius 1 is 0.828 bits per heavy atom. The lowest BCUT2D eigenvalue weighted by Gasteiger charge is -2.12. The normalized spacial score (nSPS) is 11.5. The minimum Gasteiger partial charge on any atom is -0.366 e. The third-order valence-electron chi connectivity index (χ3n) is 4.74. The Morgan fingerprint density at radius 3 is 2.03 bits per heavy atom. The number of nitrogens with two attached hydrogens (primary N) is 1. The quantitative estimate of drug-likeness (QED) is 0.296. The maximum atomic E-state index is 14.6. The van der Waals surface area contributed by atoms with Crippen LogP contribution in [0.5, 0.6) is 0 Å². The summed E-state index contributed by atoms with van der Waals surface area (Å²) in [5, 5.41) is 0.414. The number of halogens is 6. The van der Waals surface area contributed by atoms with E-state index in [9.17, 15) is 31.1 Å². The maximum Gasteiger partial charge on any atom is 0.249 e. The van der Waals surface area contributed by atoms with Crippen molar-refractivity contribution in [1.29, 1.82) is 0 Å². The van der Waals surface area contributed by atoms with Crippen LogP contribution in [0.15, 0.2) is 36.4 Å². The minimum absolute atomic E-state index is 0.0225. The molecule has 0 unspecified atom stereocenters. The highest BCUT2D eigenvalue weighted by Gasteiger charge is 2.27. The largest absolute Gasteiger partial charge is 0.366 e. The molecule has 0 aliphatic rings. The van der Waals surface area contributed by atoms with Gasteiger partial charge in [0, 0.05) is 21.9 Å². The second-order valence-corrected chi connectivity index (χ2v) is 6.33. The van der Waals surface area contributed by atoms with E-state index in [0.717, 1.165) is 10.6 Å². The van der Waals surface area contributed by atoms with E-state index in [0.29, 0.717) is 0 Å². The molecule has 1 amide bonds. The van der Waals surface area contributed by atoms with Crippen LogP contribution in [-0.4, -0.2) is 10.5 Å². The third-order valence-corrected chi connectivity index (χ3v) is 4.74. The Bertz CT molecular complexity index is 1300. The van der Waals surface area contributed by atoms with Crippen molar-refractivity contribution in [3.8, 4) is 0 Å². The number of amides is 1. The number of hydrogen-bond acceptors (Lipinski definition) is 1. The van der Waals surface area contributed by atoms with E-state index in [2.05, 4.69) is 0 Å². The fourth-order valence-electron chi connectivity index (χ4n) is 3.48. The molecule has 4 aromatic rings. The summed E-state index contributed by atoms with van der Waals surface area (Å²) in [6.07, 6.45) is 0. The smallest absolute Gasteiger partial charge is 0.249 e. The monoisotopic (exact) mass is 408 g/mol. The Hall–Kier alpha value is -3.49. The Kier molecular flexibility index (Phi) is 4.25. The van der Waals surface area contributed by atoms with Gasteiger partial charge in [-0.2, -0.15) is 0 Å². The molecule has 1 aromatic heterocycles. The summed E-state index contributed by atoms with van der Waals surface area (Å²) in [7, 11) is 0. The van der Waals surface area contributed by atoms with Crippen LogP contribution in [0.2, 0.25) is 0 Å². The number of hydrogen-bond donors (Lipinski definition) is 1. The predicted molar refractivity (Wildman–Crippen MR) is 93.3 cm³/mol. The third kappa shape index (κ3) is 2.65. The zero-order valence-electron chi connectivity index (χ0n) is 14.4. The molecule has 0 saturated carbocycles. The van der Waals surface area contributed by atoms with E-state index >= 15 is 0 Å². The molecular weight excluding hydrogens is 398 g/mol. The van der Waals surface area contributed by atoms with Gasteiger partial charge in [-0.15, -0.1) is 0 Å². The molecule has 9 heteroatoms. The van der Waals surface area contributed by atoms with E-state index in [1.165, 1.54) is 30.3 Å². The number of rotatable bonds is 3. The van der Waals surface area contributed by atoms with Crippen LogP contribution in [0, 0.1) is 34.9 Å². The molecular formula is C20H10F6N2O. The Balaban J connectivity index is 2.11. The van der Waals surface area contributed by atoms with Crippen LogP contribution < -0.4 is 5.73 Å². The second kappa shape index (κ2) is 6.54. The predicted octanol–water partition coefficient (Wildman–Crippen LogP) is 4.78. The molecule has 2 N–H and O–H groups in total. The van der Waals surface area contributed by atoms with Crippen molar-refractivity contribution in [2.75, 3.05) is 0 Å². The summed E-state index contributed by atoms with van der Waals surface area (Å²) < 4.78 is 84.6. The number of para-hydroxylation sites is 1. The number of carbonyl (C=O) groups excluding carboxylic acids is 1. The number of carbonyl (C=O) groups is 1. The highest BCUT2D eigenvalue weighted by atomic mass is 19.2. The highest BCUT2D eigenvalue weighted by molar-refractivity contribution is 6.17. The van der Waals surface area contributed by atoms with Gasteiger partial charge in [-0.25, -0.2) is 26.3 Å². The number of nitrogens with zero attached hydrogens (tertiary/aromatic N) is 1. The van der Waals surface area contributed by atoms with Gasteiger partial charge in [-0.1, -0.05) is 18.2 Å². The first-order chi connectivity index (χ1) is 13.7. The molecule has 1 heterocycles. The molecule has 0 spiro atoms. The summed E-state index contributed by atoms with van der Waals surface area (Å²) in [6.45, 7) is -0.866. The van der Waals surface area contributed by atoms with Gasteiger partial charge in [0.1, 0.15) is 5.82 Å². The molecule has 0 aliphatic carbocycles. The van der Waals surface area contributed by atoms with Crippen LogP contribution >= 0.6 is 0 Å². The maximum absolute atomic E-state index is 14.6. The summed E-state index contributed by atoms with van der Waals surface area (Å²) in [5.41, 5.74) is 4.24. The van der Waals surface area contributed by atoms with Crippen molar-refractivity contribution in [3.63, 3.8) is 0 Å². The molecule has 148 valence electrons. The van der Waals surface area contributed by atoms with Gasteiger partial charge in [0.2, 0.25) is 11.7 Å². The highest BCUT2D eigenvalue weighted by Crippen LogP contribution is 2.34. The minimum atomic E-state index is -2.28. The molecule has 0 saturated heterocycles. The van der Waals surface area contributed by atoms with Gasteiger partial charge in [0.05, 0.1) is 17.6 Å². The molecule has 0 radical (unpaired) electrons. The summed E-state index contributed by atoms with van der Waals surface area (Å²) in [6, 6.07) is 8.11. The van der Waals surface area contributed by atoms with E-state index in [-0.39, 0.29) is 27.4 Å². The fraction of sp³-hybridized carbons (Fsp3) is 0.0500. The van der Waals surface area contributed by atoms with Gasteiger partial charge in [0.15, 0.2) is 23.3 Å². The number of primary amides is 1. The van der Waals surface area contributed by atoms with Gasteiger partial charge in [-0.3, -0.25) is 4.79 Å². The van der Waals surface area contributed by atoms with Crippen LogP contribution in [-0.2, 0) is 6.54 Å². The first-order valence-corrected chi connectivity index (χ1v) is 8.23. The first kappa shape index (κ1) is 18.9. The van der Waals surface area contributed by atoms with Crippen molar-refractivity contribution >= 4 is 27.7 Å². The topological polar surface area (TPSA) is 48.0 Å². The van der Waals surface area contributed by atoms with E-state index in [4.69, 9.17) is 5.73 Å². The van der Waals surface area contributed by atoms with E-state index in [1.54, 1.807) is 0 Å². The van der Waals surface area contributed by atoms with E-state index in [1.807, 2.05) is 0 Å². The summed E-state index contributed by atoms with van der Waals surface area (Å²) >= 11 is 0. The van der Waals surface area contributed by atoms with E-state index < -0.39 is 52.9 Å². The Morgan fingerprint density at radius 2 is 1.41 bits per heavy atom. The van der Waals surface area contributed by atoms with Crippen LogP contribution in [0.3, 0.4) is 0 Å². The summed E-state index contributed by atoms with van der Waals surface area (Å²) in [4.78, 5) is 11.8. The second-order valence-electron chi connectivity index (χ2n) is 6.33. The number of benzene rings is 3. The SMILES string of the molecule is NC(=O)c1cccc2c1c1cccc(F)c1n2Cc1c(F)c(F)c(F)c(F)c1F. The molecule has 0 bridgehead atoms. The molecule has 0 atom stereocenters. The van der Waals surface area contributed by atoms with Crippen molar-refractivity contribution < 1.29 is 31.1 Å². The van der Waals surface area contributed by atoms with Crippen molar-refractivity contribution in [3.05, 3.63) is 82.4 Å². The van der Waals surface area contributed by atoms with Crippen LogP contribution in [0.25, 0.3) is 21.8 Å². The molecule has 3 nitrogen and oxygen atoms in total. The molecule has 0 aliphatic heterocycles. The lowest BCUT2D eigenvalue weighted by atomic mass is 10.1. The van der Waals surface area contributed by atoms with Gasteiger partial charge < -0.3 is 10.3 Å². The zero-order valence-corrected chi connectivity index (χ0v) is 14.4. The van der Waals surface area contributed by atoms with Crippen molar-refractivity contribution in [2.45, 2.75) is 6.54 Å². The fourth-order valence-corrected chi connectivity index (χ4v) is 3.48. The first-order valence-electron chi connectivity index (χ1n) is 8.23. The number of aromatic nitrogens is 1. The molecule has 3 aromatic carbocycles. The Labute approximate surface area is 158 Å². The van der Waals surface area contributed by atoms with Gasteiger partial charge in [0.25, 0.3) is 0 Å². The lowest BCUT2D eigenvalue weighted by Crippen LogP contribution is -2.12. The van der Waals surface area contributed by atoms with Crippen LogP contribution in [0.4, 0.5) is 26.3 Å². The zero-order chi connectivity index (χ0) is 21.0. The average molecular weight is 408 g/mol. The van der Waals surface area contributed by atoms with Gasteiger partial charge in [-0.05, 0) is 18.2 Å². The standard InChI is InChI=1S/C20H10F6N2O/c21-11-5-1-3-8-13-9(20(27)29)4-2-6-12(13)28(19(8)11)7-10-14(22)16(24)18(26)17(25)15(10)23/h1-6H,7H2,(H2,27,29). The molecule has 4 rings (SSSR count). The van der Waals surface area contributed by atoms with Gasteiger partial charge >= 0.3 is 0 Å². The molecule has 29 heavy (non-hydrogen) atoms. The summed E-state index contributed by atoms with van der Waals surface area (Å²) in [5.74, 6) is -12.1. The van der Waals surface area contributed by atoms with Crippen LogP contribution in [0.1, 0.15) is 15.9 Å². The lowest BCUT2D eigenvalue weighted by molar-refractivity contribution is 0.100. The van der Waals surface area contributed by atoms with Crippen molar-refractivity contribution in [1.82, 2.24) is 4.57 Å².